The first-order valence-electron chi connectivity index (χ1n) is 12.2. The maximum absolute atomic E-state index is 14.0. The second-order valence-electron chi connectivity index (χ2n) is 9.27. The summed E-state index contributed by atoms with van der Waals surface area (Å²) < 4.78 is 1.91. The van der Waals surface area contributed by atoms with Crippen LogP contribution in [0.4, 0.5) is 0 Å². The summed E-state index contributed by atoms with van der Waals surface area (Å²) in [4.78, 5) is 25.2. The molecule has 0 bridgehead atoms. The molecular formula is C28H26ClN5O. The Bertz CT molecular complexity index is 1420. The predicted octanol–water partition coefficient (Wildman–Crippen LogP) is 5.83. The molecule has 2 aromatic carbocycles. The Balaban J connectivity index is 1.40. The number of rotatable bonds is 3. The minimum absolute atomic E-state index is 0.107. The quantitative estimate of drug-likeness (QED) is 0.367. The second-order valence-corrected chi connectivity index (χ2v) is 9.68. The van der Waals surface area contributed by atoms with Crippen molar-refractivity contribution in [1.82, 2.24) is 24.6 Å². The molecule has 1 aliphatic carbocycles. The number of benzene rings is 2. The maximum atomic E-state index is 14.0. The number of likely N-dealkylation sites (tertiary alicyclic amines) is 1. The maximum Gasteiger partial charge on any atom is 0.254 e. The predicted molar refractivity (Wildman–Crippen MR) is 138 cm³/mol. The zero-order valence-electron chi connectivity index (χ0n) is 19.4. The summed E-state index contributed by atoms with van der Waals surface area (Å²) in [6.07, 6.45) is 9.97. The lowest BCUT2D eigenvalue weighted by Gasteiger charge is -2.33. The van der Waals surface area contributed by atoms with Crippen molar-refractivity contribution in [2.24, 2.45) is 0 Å². The first-order chi connectivity index (χ1) is 17.2. The van der Waals surface area contributed by atoms with Gasteiger partial charge >= 0.3 is 0 Å². The minimum Gasteiger partial charge on any atom is -0.338 e. The summed E-state index contributed by atoms with van der Waals surface area (Å²) >= 11 is 6.46. The number of pyridine rings is 1. The lowest BCUT2D eigenvalue weighted by molar-refractivity contribution is 0.0690. The highest BCUT2D eigenvalue weighted by Crippen LogP contribution is 2.37. The fourth-order valence-corrected chi connectivity index (χ4v) is 5.59. The van der Waals surface area contributed by atoms with E-state index < -0.39 is 0 Å². The summed E-state index contributed by atoms with van der Waals surface area (Å²) in [7, 11) is 0. The molecule has 6 rings (SSSR count). The molecule has 1 aliphatic heterocycles. The number of allylic oxidation sites excluding steroid dienone is 1. The van der Waals surface area contributed by atoms with E-state index in [2.05, 4.69) is 16.2 Å². The Kier molecular flexibility index (Phi) is 5.82. The number of nitrogens with zero attached hydrogens (tertiary/aromatic N) is 5. The number of aromatic nitrogens is 4. The normalized spacial score (nSPS) is 17.6. The zero-order chi connectivity index (χ0) is 23.8. The Morgan fingerprint density at radius 3 is 2.63 bits per heavy atom. The highest BCUT2D eigenvalue weighted by molar-refractivity contribution is 6.32. The van der Waals surface area contributed by atoms with Gasteiger partial charge in [-0.25, -0.2) is 14.6 Å². The van der Waals surface area contributed by atoms with Crippen LogP contribution in [-0.2, 0) is 6.42 Å². The van der Waals surface area contributed by atoms with Gasteiger partial charge in [0.15, 0.2) is 0 Å². The van der Waals surface area contributed by atoms with E-state index in [-0.39, 0.29) is 11.9 Å². The van der Waals surface area contributed by atoms with E-state index in [4.69, 9.17) is 16.6 Å². The standard InChI is InChI=1S/C28H26ClN5O/c29-24-10-3-1-6-19(24)16-20-7-5-9-23-26(22-8-2-4-11-25(22)32-27(20)23)28(35)33-14-12-21(13-15-33)34-18-30-17-31-34/h1-4,6,8,10-11,16-18,21H,5,7,9,12-15H2/b20-16-. The lowest BCUT2D eigenvalue weighted by Crippen LogP contribution is -2.40. The molecule has 35 heavy (non-hydrogen) atoms. The number of carbonyl (C=O) groups is 1. The third-order valence-corrected chi connectivity index (χ3v) is 7.53. The number of hydrogen-bond donors (Lipinski definition) is 0. The van der Waals surface area contributed by atoms with Crippen molar-refractivity contribution in [3.05, 3.63) is 88.6 Å². The van der Waals surface area contributed by atoms with Crippen molar-refractivity contribution in [1.29, 1.82) is 0 Å². The average Bonchev–Trinajstić information content (AvgIpc) is 3.44. The summed E-state index contributed by atoms with van der Waals surface area (Å²) in [5.74, 6) is 0.107. The summed E-state index contributed by atoms with van der Waals surface area (Å²) in [5.41, 5.74) is 5.81. The first-order valence-corrected chi connectivity index (χ1v) is 12.6. The van der Waals surface area contributed by atoms with Gasteiger partial charge in [-0.05, 0) is 67.0 Å². The van der Waals surface area contributed by atoms with Gasteiger partial charge in [-0.3, -0.25) is 4.79 Å². The summed E-state index contributed by atoms with van der Waals surface area (Å²) in [6, 6.07) is 16.2. The van der Waals surface area contributed by atoms with Crippen LogP contribution in [0.25, 0.3) is 22.6 Å². The Hall–Kier alpha value is -3.51. The smallest absolute Gasteiger partial charge is 0.254 e. The molecule has 176 valence electrons. The van der Waals surface area contributed by atoms with E-state index in [0.717, 1.165) is 76.0 Å². The molecule has 0 atom stereocenters. The number of para-hydroxylation sites is 1. The van der Waals surface area contributed by atoms with Crippen LogP contribution in [0.15, 0.2) is 61.2 Å². The third kappa shape index (κ3) is 4.12. The highest BCUT2D eigenvalue weighted by Gasteiger charge is 2.30. The van der Waals surface area contributed by atoms with E-state index in [0.29, 0.717) is 13.1 Å². The molecular weight excluding hydrogens is 458 g/mol. The topological polar surface area (TPSA) is 63.9 Å². The number of hydrogen-bond acceptors (Lipinski definition) is 4. The second kappa shape index (κ2) is 9.27. The van der Waals surface area contributed by atoms with E-state index in [1.54, 1.807) is 12.7 Å². The SMILES string of the molecule is O=C(c1c2c(nc3ccccc13)/C(=C\c1ccccc1Cl)CCC2)N1CCC(n2cncn2)CC1. The van der Waals surface area contributed by atoms with E-state index in [1.807, 2.05) is 58.1 Å². The molecule has 1 saturated heterocycles. The van der Waals surface area contributed by atoms with Crippen LogP contribution in [0.1, 0.15) is 58.9 Å². The van der Waals surface area contributed by atoms with Crippen molar-refractivity contribution < 1.29 is 4.79 Å². The molecule has 7 heteroatoms. The monoisotopic (exact) mass is 483 g/mol. The molecule has 0 saturated carbocycles. The van der Waals surface area contributed by atoms with Crippen LogP contribution in [-0.4, -0.2) is 43.6 Å². The van der Waals surface area contributed by atoms with Gasteiger partial charge in [0.2, 0.25) is 0 Å². The van der Waals surface area contributed by atoms with Gasteiger partial charge in [0.25, 0.3) is 5.91 Å². The molecule has 0 N–H and O–H groups in total. The summed E-state index contributed by atoms with van der Waals surface area (Å²) in [6.45, 7) is 1.41. The van der Waals surface area contributed by atoms with Crippen LogP contribution >= 0.6 is 11.6 Å². The first kappa shape index (κ1) is 22.0. The van der Waals surface area contributed by atoms with Crippen molar-refractivity contribution in [2.75, 3.05) is 13.1 Å². The molecule has 1 fully saturated rings. The fourth-order valence-electron chi connectivity index (χ4n) is 5.40. The van der Waals surface area contributed by atoms with Gasteiger partial charge in [0.05, 0.1) is 22.8 Å². The van der Waals surface area contributed by atoms with E-state index in [1.165, 1.54) is 0 Å². The van der Waals surface area contributed by atoms with E-state index in [9.17, 15) is 4.79 Å². The lowest BCUT2D eigenvalue weighted by atomic mass is 9.85. The van der Waals surface area contributed by atoms with Crippen molar-refractivity contribution in [2.45, 2.75) is 38.1 Å². The van der Waals surface area contributed by atoms with Crippen LogP contribution in [0.5, 0.6) is 0 Å². The van der Waals surface area contributed by atoms with Crippen LogP contribution < -0.4 is 0 Å². The number of fused-ring (bicyclic) bond motifs is 2. The van der Waals surface area contributed by atoms with Crippen molar-refractivity contribution >= 4 is 40.1 Å². The fraction of sp³-hybridized carbons (Fsp3) is 0.286. The van der Waals surface area contributed by atoms with Crippen LogP contribution in [0.3, 0.4) is 0 Å². The molecule has 0 unspecified atom stereocenters. The molecule has 2 aromatic heterocycles. The Labute approximate surface area is 209 Å². The molecule has 0 radical (unpaired) electrons. The number of halogens is 1. The number of piperidine rings is 1. The van der Waals surface area contributed by atoms with Gasteiger partial charge < -0.3 is 4.90 Å². The molecule has 4 aromatic rings. The van der Waals surface area contributed by atoms with Crippen LogP contribution in [0.2, 0.25) is 5.02 Å². The molecule has 2 aliphatic rings. The van der Waals surface area contributed by atoms with Gasteiger partial charge in [-0.1, -0.05) is 48.0 Å². The molecule has 6 nitrogen and oxygen atoms in total. The van der Waals surface area contributed by atoms with Crippen molar-refractivity contribution in [3.63, 3.8) is 0 Å². The summed E-state index contributed by atoms with van der Waals surface area (Å²) in [5, 5.41) is 5.95. The Morgan fingerprint density at radius 2 is 1.83 bits per heavy atom. The minimum atomic E-state index is 0.107. The zero-order valence-corrected chi connectivity index (χ0v) is 20.2. The van der Waals surface area contributed by atoms with Gasteiger partial charge in [-0.15, -0.1) is 0 Å². The van der Waals surface area contributed by atoms with E-state index >= 15 is 0 Å². The molecule has 0 spiro atoms. The third-order valence-electron chi connectivity index (χ3n) is 7.18. The average molecular weight is 484 g/mol. The number of carbonyl (C=O) groups excluding carboxylic acids is 1. The van der Waals surface area contributed by atoms with Gasteiger partial charge in [0.1, 0.15) is 12.7 Å². The number of amides is 1. The Morgan fingerprint density at radius 1 is 1.03 bits per heavy atom. The highest BCUT2D eigenvalue weighted by atomic mass is 35.5. The molecule has 3 heterocycles. The van der Waals surface area contributed by atoms with Crippen molar-refractivity contribution in [3.8, 4) is 0 Å². The van der Waals surface area contributed by atoms with Gasteiger partial charge in [-0.2, -0.15) is 5.10 Å². The largest absolute Gasteiger partial charge is 0.338 e. The van der Waals surface area contributed by atoms with Gasteiger partial charge in [0, 0.05) is 23.5 Å². The van der Waals surface area contributed by atoms with Crippen LogP contribution in [0, 0.1) is 0 Å². The molecule has 1 amide bonds.